The Morgan fingerprint density at radius 3 is 2.69 bits per heavy atom. The maximum Gasteiger partial charge on any atom is 0.122 e. The van der Waals surface area contributed by atoms with Crippen LogP contribution in [0, 0.1) is 6.92 Å². The zero-order chi connectivity index (χ0) is 12.0. The van der Waals surface area contributed by atoms with Crippen molar-refractivity contribution in [2.75, 3.05) is 20.8 Å². The van der Waals surface area contributed by atoms with E-state index in [-0.39, 0.29) is 5.38 Å². The zero-order valence-electron chi connectivity index (χ0n) is 10.1. The van der Waals surface area contributed by atoms with Crippen LogP contribution >= 0.6 is 11.6 Å². The van der Waals surface area contributed by atoms with Gasteiger partial charge in [0.05, 0.1) is 19.1 Å². The van der Waals surface area contributed by atoms with E-state index in [0.717, 1.165) is 18.6 Å². The minimum atomic E-state index is 0.0650. The third-order valence-corrected chi connectivity index (χ3v) is 2.85. The van der Waals surface area contributed by atoms with Gasteiger partial charge in [0, 0.05) is 7.11 Å². The van der Waals surface area contributed by atoms with Crippen LogP contribution in [0.5, 0.6) is 5.75 Å². The van der Waals surface area contributed by atoms with E-state index in [2.05, 4.69) is 19.1 Å². The highest BCUT2D eigenvalue weighted by molar-refractivity contribution is 6.20. The Morgan fingerprint density at radius 2 is 2.06 bits per heavy atom. The molecule has 1 aromatic rings. The molecule has 0 bridgehead atoms. The van der Waals surface area contributed by atoms with E-state index in [1.807, 2.05) is 6.07 Å². The summed E-state index contributed by atoms with van der Waals surface area (Å²) in [5.41, 5.74) is 2.46. The van der Waals surface area contributed by atoms with E-state index in [0.29, 0.717) is 6.61 Å². The van der Waals surface area contributed by atoms with Gasteiger partial charge in [0.25, 0.3) is 0 Å². The number of hydrogen-bond acceptors (Lipinski definition) is 2. The Kier molecular flexibility index (Phi) is 5.64. The van der Waals surface area contributed by atoms with Crippen LogP contribution in [0.25, 0.3) is 0 Å². The van der Waals surface area contributed by atoms with E-state index >= 15 is 0 Å². The van der Waals surface area contributed by atoms with Crippen molar-refractivity contribution in [3.63, 3.8) is 0 Å². The number of alkyl halides is 1. The third kappa shape index (κ3) is 4.03. The van der Waals surface area contributed by atoms with Crippen molar-refractivity contribution in [3.05, 3.63) is 29.3 Å². The lowest BCUT2D eigenvalue weighted by Gasteiger charge is -2.11. The molecule has 0 aliphatic rings. The predicted molar refractivity (Wildman–Crippen MR) is 67.6 cm³/mol. The number of halogens is 1. The molecule has 1 aromatic carbocycles. The topological polar surface area (TPSA) is 18.5 Å². The molecule has 90 valence electrons. The molecule has 2 nitrogen and oxygen atoms in total. The lowest BCUT2D eigenvalue weighted by molar-refractivity contribution is 0.195. The maximum absolute atomic E-state index is 6.10. The molecule has 0 aliphatic heterocycles. The second kappa shape index (κ2) is 6.77. The second-order valence-corrected chi connectivity index (χ2v) is 4.52. The first-order valence-electron chi connectivity index (χ1n) is 5.44. The Morgan fingerprint density at radius 1 is 1.31 bits per heavy atom. The summed E-state index contributed by atoms with van der Waals surface area (Å²) in [6, 6.07) is 6.20. The summed E-state index contributed by atoms with van der Waals surface area (Å²) in [4.78, 5) is 0. The van der Waals surface area contributed by atoms with Gasteiger partial charge in [0.15, 0.2) is 0 Å². The highest BCUT2D eigenvalue weighted by Crippen LogP contribution is 2.22. The van der Waals surface area contributed by atoms with Gasteiger partial charge in [-0.3, -0.25) is 0 Å². The molecule has 0 radical (unpaired) electrons. The fourth-order valence-electron chi connectivity index (χ4n) is 1.68. The average Bonchev–Trinajstić information content (AvgIpc) is 2.27. The number of hydrogen-bond donors (Lipinski definition) is 0. The summed E-state index contributed by atoms with van der Waals surface area (Å²) in [6.07, 6.45) is 1.82. The van der Waals surface area contributed by atoms with Crippen molar-refractivity contribution in [2.45, 2.75) is 25.1 Å². The fraction of sp³-hybridized carbons (Fsp3) is 0.538. The SMILES string of the molecule is COCC(Cl)CCc1cc(C)ccc1OC. The molecule has 0 N–H and O–H groups in total. The van der Waals surface area contributed by atoms with Crippen molar-refractivity contribution >= 4 is 11.6 Å². The molecule has 0 saturated carbocycles. The molecule has 0 aliphatic carbocycles. The smallest absolute Gasteiger partial charge is 0.122 e. The van der Waals surface area contributed by atoms with Gasteiger partial charge in [0.2, 0.25) is 0 Å². The van der Waals surface area contributed by atoms with Crippen molar-refractivity contribution in [2.24, 2.45) is 0 Å². The number of methoxy groups -OCH3 is 2. The molecule has 0 saturated heterocycles. The number of aryl methyl sites for hydroxylation is 2. The molecule has 16 heavy (non-hydrogen) atoms. The molecular weight excluding hydrogens is 224 g/mol. The van der Waals surface area contributed by atoms with Crippen LogP contribution in [0.15, 0.2) is 18.2 Å². The van der Waals surface area contributed by atoms with Crippen molar-refractivity contribution < 1.29 is 9.47 Å². The van der Waals surface area contributed by atoms with E-state index in [1.54, 1.807) is 14.2 Å². The van der Waals surface area contributed by atoms with Gasteiger partial charge in [-0.2, -0.15) is 0 Å². The van der Waals surface area contributed by atoms with Gasteiger partial charge in [-0.1, -0.05) is 17.7 Å². The monoisotopic (exact) mass is 242 g/mol. The Balaban J connectivity index is 2.61. The Bertz CT molecular complexity index is 326. The van der Waals surface area contributed by atoms with Crippen LogP contribution < -0.4 is 4.74 Å². The molecule has 3 heteroatoms. The molecule has 1 rings (SSSR count). The van der Waals surface area contributed by atoms with Crippen molar-refractivity contribution in [3.8, 4) is 5.75 Å². The minimum Gasteiger partial charge on any atom is -0.496 e. The zero-order valence-corrected chi connectivity index (χ0v) is 10.9. The maximum atomic E-state index is 6.10. The molecule has 0 amide bonds. The first-order chi connectivity index (χ1) is 7.67. The van der Waals surface area contributed by atoms with Gasteiger partial charge >= 0.3 is 0 Å². The average molecular weight is 243 g/mol. The number of rotatable bonds is 6. The number of ether oxygens (including phenoxy) is 2. The quantitative estimate of drug-likeness (QED) is 0.714. The Hall–Kier alpha value is -0.730. The van der Waals surface area contributed by atoms with Crippen LogP contribution in [0.4, 0.5) is 0 Å². The fourth-order valence-corrected chi connectivity index (χ4v) is 1.91. The van der Waals surface area contributed by atoms with Crippen molar-refractivity contribution in [1.29, 1.82) is 0 Å². The second-order valence-electron chi connectivity index (χ2n) is 3.91. The molecule has 1 unspecified atom stereocenters. The summed E-state index contributed by atoms with van der Waals surface area (Å²) in [5, 5.41) is 0.0650. The summed E-state index contributed by atoms with van der Waals surface area (Å²) in [5.74, 6) is 0.937. The molecule has 0 spiro atoms. The van der Waals surface area contributed by atoms with Gasteiger partial charge < -0.3 is 9.47 Å². The van der Waals surface area contributed by atoms with Crippen molar-refractivity contribution in [1.82, 2.24) is 0 Å². The van der Waals surface area contributed by atoms with Crippen LogP contribution in [0.3, 0.4) is 0 Å². The highest BCUT2D eigenvalue weighted by atomic mass is 35.5. The molecular formula is C13H19ClO2. The van der Waals surface area contributed by atoms with Crippen LogP contribution in [0.2, 0.25) is 0 Å². The van der Waals surface area contributed by atoms with Gasteiger partial charge in [-0.25, -0.2) is 0 Å². The van der Waals surface area contributed by atoms with Crippen LogP contribution in [-0.4, -0.2) is 26.2 Å². The summed E-state index contributed by atoms with van der Waals surface area (Å²) in [7, 11) is 3.37. The predicted octanol–water partition coefficient (Wildman–Crippen LogP) is 3.19. The van der Waals surface area contributed by atoms with Gasteiger partial charge in [-0.05, 0) is 31.4 Å². The molecule has 1 atom stereocenters. The lowest BCUT2D eigenvalue weighted by Crippen LogP contribution is -2.08. The summed E-state index contributed by atoms with van der Waals surface area (Å²) >= 11 is 6.10. The van der Waals surface area contributed by atoms with E-state index in [4.69, 9.17) is 21.1 Å². The van der Waals surface area contributed by atoms with Crippen LogP contribution in [0.1, 0.15) is 17.5 Å². The minimum absolute atomic E-state index is 0.0650. The molecule has 0 aromatic heterocycles. The highest BCUT2D eigenvalue weighted by Gasteiger charge is 2.08. The lowest BCUT2D eigenvalue weighted by atomic mass is 10.0. The normalized spacial score (nSPS) is 12.5. The summed E-state index contributed by atoms with van der Waals surface area (Å²) < 4.78 is 10.3. The summed E-state index contributed by atoms with van der Waals surface area (Å²) in [6.45, 7) is 2.67. The first-order valence-corrected chi connectivity index (χ1v) is 5.87. The van der Waals surface area contributed by atoms with E-state index < -0.39 is 0 Å². The van der Waals surface area contributed by atoms with Crippen LogP contribution in [-0.2, 0) is 11.2 Å². The Labute approximate surface area is 103 Å². The number of benzene rings is 1. The largest absolute Gasteiger partial charge is 0.496 e. The molecule has 0 fully saturated rings. The third-order valence-electron chi connectivity index (χ3n) is 2.51. The van der Waals surface area contributed by atoms with Gasteiger partial charge in [-0.15, -0.1) is 11.6 Å². The van der Waals surface area contributed by atoms with Gasteiger partial charge in [0.1, 0.15) is 5.75 Å². The first kappa shape index (κ1) is 13.3. The van der Waals surface area contributed by atoms with E-state index in [9.17, 15) is 0 Å². The molecule has 0 heterocycles. The standard InChI is InChI=1S/C13H19ClO2/c1-10-4-7-13(16-3)11(8-10)5-6-12(14)9-15-2/h4,7-8,12H,5-6,9H2,1-3H3. The van der Waals surface area contributed by atoms with E-state index in [1.165, 1.54) is 11.1 Å².